The van der Waals surface area contributed by atoms with Crippen LogP contribution in [-0.2, 0) is 22.7 Å². The Morgan fingerprint density at radius 1 is 1.04 bits per heavy atom. The molecule has 0 saturated carbocycles. The molecule has 3 nitrogen and oxygen atoms in total. The molecule has 0 aliphatic rings. The molecule has 0 unspecified atom stereocenters. The number of benzene rings is 2. The number of rotatable bonds is 8. The summed E-state index contributed by atoms with van der Waals surface area (Å²) in [6, 6.07) is 12.9. The molecule has 26 heavy (non-hydrogen) atoms. The SMILES string of the molecule is O=C(CSc1ccccc1F)NCc1ccc(COCC(F)(F)F)cc1. The van der Waals surface area contributed by atoms with E-state index in [4.69, 9.17) is 0 Å². The normalized spacial score (nSPS) is 11.4. The van der Waals surface area contributed by atoms with Crippen molar-refractivity contribution in [2.45, 2.75) is 24.2 Å². The van der Waals surface area contributed by atoms with Crippen LogP contribution in [0, 0.1) is 5.82 Å². The van der Waals surface area contributed by atoms with Crippen molar-refractivity contribution in [3.63, 3.8) is 0 Å². The van der Waals surface area contributed by atoms with Gasteiger partial charge in [0.05, 0.1) is 12.4 Å². The number of nitrogens with one attached hydrogen (secondary N) is 1. The number of alkyl halides is 3. The largest absolute Gasteiger partial charge is 0.411 e. The summed E-state index contributed by atoms with van der Waals surface area (Å²) in [5.74, 6) is -0.519. The van der Waals surface area contributed by atoms with Gasteiger partial charge in [0.25, 0.3) is 0 Å². The molecule has 1 N–H and O–H groups in total. The van der Waals surface area contributed by atoms with Gasteiger partial charge in [0.1, 0.15) is 12.4 Å². The second kappa shape index (κ2) is 9.59. The van der Waals surface area contributed by atoms with Crippen molar-refractivity contribution in [2.24, 2.45) is 0 Å². The van der Waals surface area contributed by atoms with Crippen LogP contribution in [0.25, 0.3) is 0 Å². The van der Waals surface area contributed by atoms with Crippen LogP contribution in [0.2, 0.25) is 0 Å². The molecule has 0 atom stereocenters. The molecule has 8 heteroatoms. The minimum absolute atomic E-state index is 0.0876. The Kier molecular flexibility index (Phi) is 7.47. The molecule has 0 heterocycles. The number of hydrogen-bond donors (Lipinski definition) is 1. The van der Waals surface area contributed by atoms with Crippen LogP contribution in [0.3, 0.4) is 0 Å². The van der Waals surface area contributed by atoms with E-state index in [1.165, 1.54) is 6.07 Å². The molecule has 2 aromatic carbocycles. The summed E-state index contributed by atoms with van der Waals surface area (Å²) < 4.78 is 54.0. The van der Waals surface area contributed by atoms with E-state index in [9.17, 15) is 22.4 Å². The predicted molar refractivity (Wildman–Crippen MR) is 91.1 cm³/mol. The first-order chi connectivity index (χ1) is 12.3. The molecule has 140 valence electrons. The second-order valence-corrected chi connectivity index (χ2v) is 6.44. The van der Waals surface area contributed by atoms with Gasteiger partial charge in [-0.05, 0) is 23.3 Å². The molecule has 0 bridgehead atoms. The zero-order valence-corrected chi connectivity index (χ0v) is 14.5. The minimum atomic E-state index is -4.34. The van der Waals surface area contributed by atoms with Gasteiger partial charge in [-0.25, -0.2) is 4.39 Å². The van der Waals surface area contributed by atoms with Crippen LogP contribution < -0.4 is 5.32 Å². The summed E-state index contributed by atoms with van der Waals surface area (Å²) in [7, 11) is 0. The van der Waals surface area contributed by atoms with Crippen LogP contribution in [0.15, 0.2) is 53.4 Å². The summed E-state index contributed by atoms with van der Waals surface area (Å²) in [4.78, 5) is 12.2. The zero-order valence-electron chi connectivity index (χ0n) is 13.7. The summed E-state index contributed by atoms with van der Waals surface area (Å²) in [5, 5.41) is 2.71. The van der Waals surface area contributed by atoms with Crippen molar-refractivity contribution < 1.29 is 27.1 Å². The van der Waals surface area contributed by atoms with Gasteiger partial charge < -0.3 is 10.1 Å². The summed E-state index contributed by atoms with van der Waals surface area (Å²) in [5.41, 5.74) is 1.41. The number of ether oxygens (including phenoxy) is 1. The van der Waals surface area contributed by atoms with Gasteiger partial charge in [0.2, 0.25) is 5.91 Å². The standard InChI is InChI=1S/C18H17F4NO2S/c19-15-3-1-2-4-16(15)26-11-17(24)23-9-13-5-7-14(8-6-13)10-25-12-18(20,21)22/h1-8H,9-12H2,(H,23,24). The van der Waals surface area contributed by atoms with E-state index in [1.54, 1.807) is 42.5 Å². The lowest BCUT2D eigenvalue weighted by Crippen LogP contribution is -2.24. The predicted octanol–water partition coefficient (Wildman–Crippen LogP) is 4.31. The van der Waals surface area contributed by atoms with Crippen LogP contribution in [0.5, 0.6) is 0 Å². The summed E-state index contributed by atoms with van der Waals surface area (Å²) in [6.45, 7) is -1.14. The highest BCUT2D eigenvalue weighted by atomic mass is 32.2. The maximum absolute atomic E-state index is 13.5. The minimum Gasteiger partial charge on any atom is -0.367 e. The van der Waals surface area contributed by atoms with E-state index < -0.39 is 12.8 Å². The van der Waals surface area contributed by atoms with Gasteiger partial charge in [-0.1, -0.05) is 36.4 Å². The first-order valence-electron chi connectivity index (χ1n) is 7.70. The fraction of sp³-hybridized carbons (Fsp3) is 0.278. The van der Waals surface area contributed by atoms with E-state index in [0.29, 0.717) is 10.5 Å². The Bertz CT molecular complexity index is 720. The number of halogens is 4. The highest BCUT2D eigenvalue weighted by Gasteiger charge is 2.27. The van der Waals surface area contributed by atoms with E-state index in [1.807, 2.05) is 0 Å². The fourth-order valence-electron chi connectivity index (χ4n) is 1.99. The fourth-order valence-corrected chi connectivity index (χ4v) is 2.76. The molecule has 2 rings (SSSR count). The molecule has 0 spiro atoms. The second-order valence-electron chi connectivity index (χ2n) is 5.42. The maximum atomic E-state index is 13.5. The Balaban J connectivity index is 1.72. The molecule has 1 amide bonds. The molecule has 2 aromatic rings. The third-order valence-electron chi connectivity index (χ3n) is 3.24. The first kappa shape index (κ1) is 20.3. The Morgan fingerprint density at radius 3 is 2.35 bits per heavy atom. The zero-order chi connectivity index (χ0) is 19.0. The molecule has 0 aliphatic heterocycles. The van der Waals surface area contributed by atoms with Crippen molar-refractivity contribution in [2.75, 3.05) is 12.4 Å². The van der Waals surface area contributed by atoms with Gasteiger partial charge >= 0.3 is 6.18 Å². The number of hydrogen-bond acceptors (Lipinski definition) is 3. The monoisotopic (exact) mass is 387 g/mol. The Labute approximate surface area is 152 Å². The van der Waals surface area contributed by atoms with E-state index in [0.717, 1.165) is 17.3 Å². The molecule has 0 aliphatic carbocycles. The lowest BCUT2D eigenvalue weighted by atomic mass is 10.1. The first-order valence-corrected chi connectivity index (χ1v) is 8.68. The lowest BCUT2D eigenvalue weighted by Gasteiger charge is -2.09. The summed E-state index contributed by atoms with van der Waals surface area (Å²) >= 11 is 1.11. The van der Waals surface area contributed by atoms with Crippen LogP contribution in [0.4, 0.5) is 17.6 Å². The molecule has 0 saturated heterocycles. The highest BCUT2D eigenvalue weighted by Crippen LogP contribution is 2.20. The van der Waals surface area contributed by atoms with E-state index >= 15 is 0 Å². The molecule has 0 radical (unpaired) electrons. The van der Waals surface area contributed by atoms with Gasteiger partial charge in [0.15, 0.2) is 0 Å². The van der Waals surface area contributed by atoms with E-state index in [-0.39, 0.29) is 30.6 Å². The maximum Gasteiger partial charge on any atom is 0.411 e. The van der Waals surface area contributed by atoms with Crippen LogP contribution in [0.1, 0.15) is 11.1 Å². The van der Waals surface area contributed by atoms with Crippen molar-refractivity contribution in [1.82, 2.24) is 5.32 Å². The van der Waals surface area contributed by atoms with Crippen molar-refractivity contribution >= 4 is 17.7 Å². The van der Waals surface area contributed by atoms with Crippen LogP contribution >= 0.6 is 11.8 Å². The summed E-state index contributed by atoms with van der Waals surface area (Å²) in [6.07, 6.45) is -4.34. The Morgan fingerprint density at radius 2 is 1.69 bits per heavy atom. The van der Waals surface area contributed by atoms with Crippen LogP contribution in [-0.4, -0.2) is 24.4 Å². The smallest absolute Gasteiger partial charge is 0.367 e. The third kappa shape index (κ3) is 7.45. The van der Waals surface area contributed by atoms with Crippen molar-refractivity contribution in [3.8, 4) is 0 Å². The number of thioether (sulfide) groups is 1. The van der Waals surface area contributed by atoms with Crippen molar-refractivity contribution in [3.05, 3.63) is 65.5 Å². The number of amides is 1. The van der Waals surface area contributed by atoms with E-state index in [2.05, 4.69) is 10.1 Å². The van der Waals surface area contributed by atoms with Gasteiger partial charge in [-0.3, -0.25) is 4.79 Å². The van der Waals surface area contributed by atoms with Gasteiger partial charge in [0, 0.05) is 11.4 Å². The van der Waals surface area contributed by atoms with Crippen molar-refractivity contribution in [1.29, 1.82) is 0 Å². The lowest BCUT2D eigenvalue weighted by molar-refractivity contribution is -0.176. The molecule has 0 fully saturated rings. The quantitative estimate of drug-likeness (QED) is 0.542. The third-order valence-corrected chi connectivity index (χ3v) is 4.29. The van der Waals surface area contributed by atoms with Gasteiger partial charge in [-0.15, -0.1) is 11.8 Å². The molecule has 0 aromatic heterocycles. The number of carbonyl (C=O) groups excluding carboxylic acids is 1. The average molecular weight is 387 g/mol. The number of carbonyl (C=O) groups is 1. The molecular weight excluding hydrogens is 370 g/mol. The van der Waals surface area contributed by atoms with Gasteiger partial charge in [-0.2, -0.15) is 13.2 Å². The highest BCUT2D eigenvalue weighted by molar-refractivity contribution is 8.00. The molecular formula is C18H17F4NO2S. The Hall–Kier alpha value is -2.06. The average Bonchev–Trinajstić information content (AvgIpc) is 2.59. The topological polar surface area (TPSA) is 38.3 Å².